The molecule has 52 valence electrons. The van der Waals surface area contributed by atoms with Crippen molar-refractivity contribution in [3.05, 3.63) is 0 Å². The lowest BCUT2D eigenvalue weighted by molar-refractivity contribution is 0.789. The van der Waals surface area contributed by atoms with Gasteiger partial charge in [0, 0.05) is 0 Å². The third-order valence-corrected chi connectivity index (χ3v) is 5.03. The first-order valence-corrected chi connectivity index (χ1v) is 5.30. The molecule has 0 nitrogen and oxygen atoms in total. The summed E-state index contributed by atoms with van der Waals surface area (Å²) in [7, 11) is 0.289. The van der Waals surface area contributed by atoms with Gasteiger partial charge in [-0.2, -0.15) is 0 Å². The molecule has 1 aliphatic rings. The SMILES string of the molecule is CC(C)(C)P1[B-]CCC1. The van der Waals surface area contributed by atoms with E-state index in [-0.39, 0.29) is 7.80 Å². The van der Waals surface area contributed by atoms with E-state index in [2.05, 4.69) is 27.8 Å². The van der Waals surface area contributed by atoms with Gasteiger partial charge in [-0.1, -0.05) is 38.5 Å². The molecule has 0 N–H and O–H groups in total. The second-order valence-electron chi connectivity index (χ2n) is 3.69. The Balaban J connectivity index is 2.42. The molecule has 1 fully saturated rings. The van der Waals surface area contributed by atoms with Crippen molar-refractivity contribution in [1.82, 2.24) is 0 Å². The van der Waals surface area contributed by atoms with E-state index in [0.717, 1.165) is 0 Å². The second kappa shape index (κ2) is 2.62. The van der Waals surface area contributed by atoms with E-state index in [0.29, 0.717) is 5.16 Å². The molecule has 0 aromatic heterocycles. The van der Waals surface area contributed by atoms with Crippen molar-refractivity contribution in [3.63, 3.8) is 0 Å². The summed E-state index contributed by atoms with van der Waals surface area (Å²) in [5.41, 5.74) is 0. The topological polar surface area (TPSA) is 0 Å². The van der Waals surface area contributed by atoms with Crippen LogP contribution in [0.3, 0.4) is 0 Å². The Labute approximate surface area is 60.4 Å². The van der Waals surface area contributed by atoms with E-state index in [1.54, 1.807) is 0 Å². The van der Waals surface area contributed by atoms with E-state index in [1.807, 2.05) is 0 Å². The van der Waals surface area contributed by atoms with Gasteiger partial charge in [-0.15, -0.1) is 0 Å². The fourth-order valence-corrected chi connectivity index (χ4v) is 3.63. The molecule has 0 bridgehead atoms. The molecular formula is C7H15BP-. The Bertz CT molecular complexity index is 89.6. The van der Waals surface area contributed by atoms with Gasteiger partial charge < -0.3 is 7.80 Å². The maximum absolute atomic E-state index is 2.55. The van der Waals surface area contributed by atoms with Crippen LogP contribution in [0.15, 0.2) is 0 Å². The predicted molar refractivity (Wildman–Crippen MR) is 46.7 cm³/mol. The molecule has 2 heteroatoms. The minimum Gasteiger partial charge on any atom is -0.343 e. The summed E-state index contributed by atoms with van der Waals surface area (Å²) in [6.45, 7) is 9.64. The standard InChI is InChI=1S/C7H15BP/c1-7(2,3)9-6-4-5-8-9/h4-6H2,1-3H3/q-1. The van der Waals surface area contributed by atoms with Crippen LogP contribution < -0.4 is 0 Å². The predicted octanol–water partition coefficient (Wildman–Crippen LogP) is 2.71. The highest BCUT2D eigenvalue weighted by molar-refractivity contribution is 7.87. The fraction of sp³-hybridized carbons (Fsp3) is 1.00. The molecule has 1 heterocycles. The normalized spacial score (nSPS) is 29.0. The lowest BCUT2D eigenvalue weighted by Gasteiger charge is -2.38. The number of hydrogen-bond acceptors (Lipinski definition) is 0. The number of hydrogen-bond donors (Lipinski definition) is 0. The lowest BCUT2D eigenvalue weighted by Crippen LogP contribution is -2.12. The summed E-state index contributed by atoms with van der Waals surface area (Å²) >= 11 is 0. The molecule has 1 rings (SSSR count). The zero-order valence-electron chi connectivity index (χ0n) is 6.65. The molecule has 1 aliphatic heterocycles. The first-order valence-electron chi connectivity index (χ1n) is 3.71. The van der Waals surface area contributed by atoms with Crippen molar-refractivity contribution in [1.29, 1.82) is 0 Å². The Morgan fingerprint density at radius 2 is 2.00 bits per heavy atom. The first kappa shape index (κ1) is 7.60. The quantitative estimate of drug-likeness (QED) is 0.359. The summed E-state index contributed by atoms with van der Waals surface area (Å²) in [5.74, 6) is 0. The number of rotatable bonds is 0. The summed E-state index contributed by atoms with van der Waals surface area (Å²) in [6.07, 6.45) is 4.31. The van der Waals surface area contributed by atoms with Crippen molar-refractivity contribution >= 4 is 14.8 Å². The maximum atomic E-state index is 2.55. The molecule has 0 amide bonds. The summed E-state index contributed by atoms with van der Waals surface area (Å²) in [4.78, 5) is 0. The van der Waals surface area contributed by atoms with E-state index >= 15 is 0 Å². The zero-order chi connectivity index (χ0) is 6.91. The van der Waals surface area contributed by atoms with Gasteiger partial charge in [0.1, 0.15) is 0 Å². The second-order valence-corrected chi connectivity index (χ2v) is 6.78. The Hall–Kier alpha value is 0.495. The third-order valence-electron chi connectivity index (χ3n) is 1.81. The molecule has 0 aromatic rings. The van der Waals surface area contributed by atoms with Crippen LogP contribution in [-0.2, 0) is 0 Å². The van der Waals surface area contributed by atoms with Crippen molar-refractivity contribution in [2.75, 3.05) is 6.16 Å². The molecule has 0 spiro atoms. The van der Waals surface area contributed by atoms with Crippen LogP contribution in [0, 0.1) is 0 Å². The van der Waals surface area contributed by atoms with Crippen LogP contribution in [0.2, 0.25) is 6.32 Å². The summed E-state index contributed by atoms with van der Waals surface area (Å²) in [6, 6.07) is 0. The van der Waals surface area contributed by atoms with Gasteiger partial charge in [0.05, 0.1) is 0 Å². The monoisotopic (exact) mass is 141 g/mol. The van der Waals surface area contributed by atoms with Gasteiger partial charge in [0.25, 0.3) is 0 Å². The van der Waals surface area contributed by atoms with Crippen molar-refractivity contribution < 1.29 is 0 Å². The van der Waals surface area contributed by atoms with E-state index in [4.69, 9.17) is 0 Å². The average molecular weight is 141 g/mol. The molecule has 9 heavy (non-hydrogen) atoms. The van der Waals surface area contributed by atoms with Gasteiger partial charge >= 0.3 is 0 Å². The van der Waals surface area contributed by atoms with Crippen LogP contribution in [-0.4, -0.2) is 18.3 Å². The van der Waals surface area contributed by atoms with Crippen molar-refractivity contribution in [3.8, 4) is 0 Å². The van der Waals surface area contributed by atoms with Gasteiger partial charge in [-0.25, -0.2) is 6.32 Å². The lowest BCUT2D eigenvalue weighted by atomic mass is 10.0. The highest BCUT2D eigenvalue weighted by Gasteiger charge is 2.15. The highest BCUT2D eigenvalue weighted by Crippen LogP contribution is 2.52. The molecule has 1 unspecified atom stereocenters. The smallest absolute Gasteiger partial charge is 0.0574 e. The van der Waals surface area contributed by atoms with Gasteiger partial charge in [0.2, 0.25) is 0 Å². The highest BCUT2D eigenvalue weighted by atomic mass is 31.1. The van der Waals surface area contributed by atoms with Crippen LogP contribution in [0.25, 0.3) is 0 Å². The van der Waals surface area contributed by atoms with Gasteiger partial charge in [-0.05, 0) is 0 Å². The average Bonchev–Trinajstić information content (AvgIpc) is 2.08. The Kier molecular flexibility index (Phi) is 2.21. The van der Waals surface area contributed by atoms with E-state index < -0.39 is 0 Å². The maximum Gasteiger partial charge on any atom is -0.0574 e. The summed E-state index contributed by atoms with van der Waals surface area (Å²) in [5, 5.41) is 0.589. The third kappa shape index (κ3) is 1.97. The van der Waals surface area contributed by atoms with Gasteiger partial charge in [-0.3, -0.25) is 7.00 Å². The van der Waals surface area contributed by atoms with Crippen molar-refractivity contribution in [2.24, 2.45) is 0 Å². The van der Waals surface area contributed by atoms with Crippen LogP contribution >= 0.6 is 7.80 Å². The van der Waals surface area contributed by atoms with Crippen LogP contribution in [0.5, 0.6) is 0 Å². The van der Waals surface area contributed by atoms with Crippen molar-refractivity contribution in [2.45, 2.75) is 38.7 Å². The van der Waals surface area contributed by atoms with Gasteiger partial charge in [0.15, 0.2) is 0 Å². The molecular weight excluding hydrogens is 126 g/mol. The van der Waals surface area contributed by atoms with Crippen LogP contribution in [0.4, 0.5) is 0 Å². The van der Waals surface area contributed by atoms with E-state index in [9.17, 15) is 0 Å². The molecule has 1 saturated heterocycles. The minimum absolute atomic E-state index is 0.289. The Morgan fingerprint density at radius 3 is 2.22 bits per heavy atom. The molecule has 0 saturated carbocycles. The van der Waals surface area contributed by atoms with E-state index in [1.165, 1.54) is 18.9 Å². The fourth-order valence-electron chi connectivity index (χ4n) is 1.21. The minimum atomic E-state index is 0.289. The molecule has 1 atom stereocenters. The molecule has 2 radical (unpaired) electrons. The zero-order valence-corrected chi connectivity index (χ0v) is 7.54. The summed E-state index contributed by atoms with van der Waals surface area (Å²) < 4.78 is 0. The molecule has 0 aromatic carbocycles. The molecule has 0 aliphatic carbocycles. The van der Waals surface area contributed by atoms with Crippen LogP contribution in [0.1, 0.15) is 27.2 Å². The Morgan fingerprint density at radius 1 is 1.33 bits per heavy atom. The largest absolute Gasteiger partial charge is 0.343 e. The first-order chi connectivity index (χ1) is 4.11.